The lowest BCUT2D eigenvalue weighted by Crippen LogP contribution is -2.43. The Labute approximate surface area is 190 Å². The summed E-state index contributed by atoms with van der Waals surface area (Å²) in [6.45, 7) is 0.0503. The molecule has 0 aliphatic carbocycles. The number of nitrogens with zero attached hydrogens (tertiary/aromatic N) is 1. The Morgan fingerprint density at radius 2 is 1.50 bits per heavy atom. The summed E-state index contributed by atoms with van der Waals surface area (Å²) in [7, 11) is 0. The number of hydrogen-bond donors (Lipinski definition) is 1. The molecule has 0 aliphatic rings. The fraction of sp³-hybridized carbons (Fsp3) is 0.115. The van der Waals surface area contributed by atoms with E-state index in [0.29, 0.717) is 17.7 Å². The number of aromatic nitrogens is 1. The van der Waals surface area contributed by atoms with Crippen molar-refractivity contribution in [3.05, 3.63) is 113 Å². The third kappa shape index (κ3) is 5.68. The number of amides is 1. The van der Waals surface area contributed by atoms with E-state index in [-0.39, 0.29) is 12.5 Å². The summed E-state index contributed by atoms with van der Waals surface area (Å²) in [6.07, 6.45) is 0.338. The van der Waals surface area contributed by atoms with Crippen LogP contribution in [0.5, 0.6) is 0 Å². The zero-order valence-electron chi connectivity index (χ0n) is 17.3. The van der Waals surface area contributed by atoms with Crippen LogP contribution < -0.4 is 5.32 Å². The topological polar surface area (TPSA) is 68.3 Å². The Balaban J connectivity index is 1.43. The fourth-order valence-corrected chi connectivity index (χ4v) is 4.02. The smallest absolute Gasteiger partial charge is 0.329 e. The summed E-state index contributed by atoms with van der Waals surface area (Å²) in [5.41, 5.74) is 3.12. The molecule has 0 fully saturated rings. The van der Waals surface area contributed by atoms with Gasteiger partial charge in [0.2, 0.25) is 0 Å². The molecule has 0 spiro atoms. The van der Waals surface area contributed by atoms with Gasteiger partial charge in [-0.05, 0) is 17.7 Å². The zero-order chi connectivity index (χ0) is 22.2. The number of carbonyl (C=O) groups excluding carboxylic acids is 2. The zero-order valence-corrected chi connectivity index (χ0v) is 18.1. The summed E-state index contributed by atoms with van der Waals surface area (Å²) in [4.78, 5) is 30.1. The van der Waals surface area contributed by atoms with Crippen LogP contribution in [-0.2, 0) is 22.6 Å². The van der Waals surface area contributed by atoms with E-state index >= 15 is 0 Å². The molecule has 160 valence electrons. The number of hydrogen-bond acceptors (Lipinski definition) is 5. The molecule has 4 aromatic rings. The summed E-state index contributed by atoms with van der Waals surface area (Å²) >= 11 is 1.50. The molecule has 0 unspecified atom stereocenters. The Hall–Kier alpha value is -3.77. The van der Waals surface area contributed by atoms with Gasteiger partial charge in [0.25, 0.3) is 5.91 Å². The standard InChI is InChI=1S/C26H22N2O3S/c29-24(20-12-6-2-7-13-20)28-23(16-19-10-4-1-5-11-19)26(30)31-17-22-18-32-25(27-22)21-14-8-3-9-15-21/h1-15,18,23H,16-17H2,(H,28,29)/t23-/m0/s1. The van der Waals surface area contributed by atoms with Crippen molar-refractivity contribution in [2.45, 2.75) is 19.1 Å². The molecule has 1 amide bonds. The van der Waals surface area contributed by atoms with Crippen LogP contribution in [0.1, 0.15) is 21.6 Å². The van der Waals surface area contributed by atoms with Crippen LogP contribution in [-0.4, -0.2) is 22.9 Å². The summed E-state index contributed by atoms with van der Waals surface area (Å²) in [6, 6.07) is 27.4. The maximum Gasteiger partial charge on any atom is 0.329 e. The molecule has 0 saturated carbocycles. The van der Waals surface area contributed by atoms with E-state index in [9.17, 15) is 9.59 Å². The maximum atomic E-state index is 12.9. The molecular formula is C26H22N2O3S. The number of benzene rings is 3. The molecule has 3 aromatic carbocycles. The first-order valence-electron chi connectivity index (χ1n) is 10.3. The molecule has 1 atom stereocenters. The molecule has 1 heterocycles. The largest absolute Gasteiger partial charge is 0.458 e. The summed E-state index contributed by atoms with van der Waals surface area (Å²) in [5, 5.41) is 5.57. The number of esters is 1. The van der Waals surface area contributed by atoms with Crippen molar-refractivity contribution in [1.29, 1.82) is 0 Å². The van der Waals surface area contributed by atoms with Crippen LogP contribution in [0.3, 0.4) is 0 Å². The molecule has 32 heavy (non-hydrogen) atoms. The highest BCUT2D eigenvalue weighted by Gasteiger charge is 2.24. The minimum Gasteiger partial charge on any atom is -0.458 e. The minimum absolute atomic E-state index is 0.0503. The highest BCUT2D eigenvalue weighted by molar-refractivity contribution is 7.13. The second-order valence-electron chi connectivity index (χ2n) is 7.20. The quantitative estimate of drug-likeness (QED) is 0.394. The lowest BCUT2D eigenvalue weighted by atomic mass is 10.1. The van der Waals surface area contributed by atoms with Gasteiger partial charge in [-0.3, -0.25) is 4.79 Å². The summed E-state index contributed by atoms with van der Waals surface area (Å²) in [5.74, 6) is -0.809. The van der Waals surface area contributed by atoms with Crippen LogP contribution in [0.2, 0.25) is 0 Å². The number of nitrogens with one attached hydrogen (secondary N) is 1. The van der Waals surface area contributed by atoms with E-state index in [1.807, 2.05) is 72.1 Å². The first-order valence-corrected chi connectivity index (χ1v) is 11.1. The highest BCUT2D eigenvalue weighted by Crippen LogP contribution is 2.23. The van der Waals surface area contributed by atoms with Gasteiger partial charge in [0, 0.05) is 22.9 Å². The second kappa shape index (κ2) is 10.5. The first-order chi connectivity index (χ1) is 15.7. The van der Waals surface area contributed by atoms with E-state index < -0.39 is 12.0 Å². The van der Waals surface area contributed by atoms with E-state index in [0.717, 1.165) is 16.1 Å². The second-order valence-corrected chi connectivity index (χ2v) is 8.06. The van der Waals surface area contributed by atoms with Crippen molar-refractivity contribution in [3.8, 4) is 10.6 Å². The molecule has 6 heteroatoms. The number of carbonyl (C=O) groups is 2. The average molecular weight is 443 g/mol. The van der Waals surface area contributed by atoms with Gasteiger partial charge in [0.15, 0.2) is 0 Å². The predicted octanol–water partition coefficient (Wildman–Crippen LogP) is 4.89. The van der Waals surface area contributed by atoms with Gasteiger partial charge in [-0.25, -0.2) is 9.78 Å². The SMILES string of the molecule is O=C(N[C@@H](Cc1ccccc1)C(=O)OCc1csc(-c2ccccc2)n1)c1ccccc1. The number of ether oxygens (including phenoxy) is 1. The van der Waals surface area contributed by atoms with Crippen LogP contribution in [0.15, 0.2) is 96.4 Å². The van der Waals surface area contributed by atoms with Crippen LogP contribution >= 0.6 is 11.3 Å². The number of rotatable bonds is 8. The van der Waals surface area contributed by atoms with Crippen molar-refractivity contribution in [2.75, 3.05) is 0 Å². The molecule has 0 radical (unpaired) electrons. The first kappa shape index (κ1) is 21.5. The minimum atomic E-state index is -0.808. The Morgan fingerprint density at radius 3 is 2.19 bits per heavy atom. The molecule has 1 N–H and O–H groups in total. The van der Waals surface area contributed by atoms with Crippen molar-refractivity contribution in [2.24, 2.45) is 0 Å². The molecular weight excluding hydrogens is 420 g/mol. The Bertz CT molecular complexity index is 1160. The number of thiazole rings is 1. The van der Waals surface area contributed by atoms with Gasteiger partial charge in [0.1, 0.15) is 17.7 Å². The molecule has 4 rings (SSSR count). The van der Waals surface area contributed by atoms with E-state index in [1.54, 1.807) is 24.3 Å². The van der Waals surface area contributed by atoms with Crippen molar-refractivity contribution in [1.82, 2.24) is 10.3 Å². The average Bonchev–Trinajstić information content (AvgIpc) is 3.33. The monoisotopic (exact) mass is 442 g/mol. The molecule has 0 bridgehead atoms. The third-order valence-corrected chi connectivity index (χ3v) is 5.78. The van der Waals surface area contributed by atoms with Gasteiger partial charge < -0.3 is 10.1 Å². The van der Waals surface area contributed by atoms with Crippen molar-refractivity contribution >= 4 is 23.2 Å². The van der Waals surface area contributed by atoms with Crippen LogP contribution in [0.4, 0.5) is 0 Å². The molecule has 1 aromatic heterocycles. The Kier molecular flexibility index (Phi) is 7.05. The van der Waals surface area contributed by atoms with E-state index in [1.165, 1.54) is 11.3 Å². The van der Waals surface area contributed by atoms with Gasteiger partial charge in [0.05, 0.1) is 5.69 Å². The lowest BCUT2D eigenvalue weighted by molar-refractivity contribution is -0.147. The molecule has 5 nitrogen and oxygen atoms in total. The maximum absolute atomic E-state index is 12.9. The van der Waals surface area contributed by atoms with Crippen molar-refractivity contribution in [3.63, 3.8) is 0 Å². The van der Waals surface area contributed by atoms with Crippen molar-refractivity contribution < 1.29 is 14.3 Å². The lowest BCUT2D eigenvalue weighted by Gasteiger charge is -2.18. The van der Waals surface area contributed by atoms with Gasteiger partial charge in [-0.2, -0.15) is 0 Å². The van der Waals surface area contributed by atoms with E-state index in [2.05, 4.69) is 10.3 Å². The van der Waals surface area contributed by atoms with Gasteiger partial charge >= 0.3 is 5.97 Å². The van der Waals surface area contributed by atoms with Gasteiger partial charge in [-0.1, -0.05) is 78.9 Å². The molecule has 0 aliphatic heterocycles. The highest BCUT2D eigenvalue weighted by atomic mass is 32.1. The van der Waals surface area contributed by atoms with Gasteiger partial charge in [-0.15, -0.1) is 11.3 Å². The predicted molar refractivity (Wildman–Crippen MR) is 125 cm³/mol. The fourth-order valence-electron chi connectivity index (χ4n) is 3.21. The normalized spacial score (nSPS) is 11.5. The van der Waals surface area contributed by atoms with Crippen LogP contribution in [0.25, 0.3) is 10.6 Å². The summed E-state index contributed by atoms with van der Waals surface area (Å²) < 4.78 is 5.54. The van der Waals surface area contributed by atoms with Crippen LogP contribution in [0, 0.1) is 0 Å². The van der Waals surface area contributed by atoms with E-state index in [4.69, 9.17) is 4.74 Å². The third-order valence-electron chi connectivity index (χ3n) is 4.84. The molecule has 0 saturated heterocycles. The Morgan fingerprint density at radius 1 is 0.875 bits per heavy atom.